The number of nitrogens with zero attached hydrogens (tertiary/aromatic N) is 4. The molecule has 3 rings (SSSR count). The second kappa shape index (κ2) is 8.42. The number of benzene rings is 1. The van der Waals surface area contributed by atoms with Gasteiger partial charge in [0, 0.05) is 12.4 Å². The van der Waals surface area contributed by atoms with Gasteiger partial charge in [-0.05, 0) is 28.1 Å². The van der Waals surface area contributed by atoms with Crippen molar-refractivity contribution in [3.05, 3.63) is 57.8 Å². The summed E-state index contributed by atoms with van der Waals surface area (Å²) in [5, 5.41) is 0.0394. The minimum absolute atomic E-state index is 0.0196. The van der Waals surface area contributed by atoms with E-state index in [4.69, 9.17) is 27.9 Å². The topological polar surface area (TPSA) is 99.0 Å². The van der Waals surface area contributed by atoms with Gasteiger partial charge in [-0.25, -0.2) is 23.4 Å². The fourth-order valence-electron chi connectivity index (χ4n) is 2.06. The molecular weight excluding hydrogens is 481 g/mol. The lowest BCUT2D eigenvalue weighted by atomic mass is 10.4. The Kier molecular flexibility index (Phi) is 6.20. The van der Waals surface area contributed by atoms with Crippen molar-refractivity contribution in [1.29, 1.82) is 0 Å². The van der Waals surface area contributed by atoms with E-state index < -0.39 is 10.0 Å². The van der Waals surface area contributed by atoms with Crippen molar-refractivity contribution in [2.24, 2.45) is 0 Å². The fourth-order valence-corrected chi connectivity index (χ4v) is 4.10. The van der Waals surface area contributed by atoms with Crippen molar-refractivity contribution in [2.75, 3.05) is 11.3 Å². The molecule has 0 bridgehead atoms. The number of ether oxygens (including phenoxy) is 1. The molecule has 0 aliphatic heterocycles. The van der Waals surface area contributed by atoms with Crippen LogP contribution in [0.15, 0.2) is 52.6 Å². The average molecular weight is 493 g/mol. The lowest BCUT2D eigenvalue weighted by Crippen LogP contribution is -2.17. The first-order valence-electron chi connectivity index (χ1n) is 7.45. The molecule has 1 aromatic carbocycles. The molecule has 142 valence electrons. The Bertz CT molecular complexity index is 1050. The Morgan fingerprint density at radius 2 is 2.11 bits per heavy atom. The summed E-state index contributed by atoms with van der Waals surface area (Å²) in [5.74, 6) is -0.0499. The molecule has 0 aliphatic rings. The molecule has 0 saturated heterocycles. The minimum Gasteiger partial charge on any atom is -0.473 e. The highest BCUT2D eigenvalue weighted by atomic mass is 79.9. The van der Waals surface area contributed by atoms with Crippen LogP contribution in [0, 0.1) is 0 Å². The minimum atomic E-state index is -4.05. The zero-order valence-electron chi connectivity index (χ0n) is 13.5. The summed E-state index contributed by atoms with van der Waals surface area (Å²) < 4.78 is 35.5. The summed E-state index contributed by atoms with van der Waals surface area (Å²) in [6.07, 6.45) is 6.41. The van der Waals surface area contributed by atoms with Gasteiger partial charge in [0.05, 0.1) is 29.1 Å². The van der Waals surface area contributed by atoms with Gasteiger partial charge >= 0.3 is 0 Å². The maximum Gasteiger partial charge on any atom is 0.264 e. The molecule has 0 saturated carbocycles. The number of rotatable bonds is 7. The maximum absolute atomic E-state index is 12.7. The lowest BCUT2D eigenvalue weighted by molar-refractivity contribution is 0.287. The number of hydrogen-bond donors (Lipinski definition) is 1. The van der Waals surface area contributed by atoms with Crippen molar-refractivity contribution < 1.29 is 13.2 Å². The monoisotopic (exact) mass is 491 g/mol. The molecule has 3 aromatic rings. The van der Waals surface area contributed by atoms with Crippen molar-refractivity contribution in [3.8, 4) is 5.88 Å². The molecule has 8 nitrogen and oxygen atoms in total. The Hall–Kier alpha value is -1.88. The van der Waals surface area contributed by atoms with Gasteiger partial charge in [0.1, 0.15) is 16.1 Å². The van der Waals surface area contributed by atoms with Gasteiger partial charge in [0.15, 0.2) is 0 Å². The van der Waals surface area contributed by atoms with E-state index in [1.54, 1.807) is 23.3 Å². The summed E-state index contributed by atoms with van der Waals surface area (Å²) >= 11 is 15.1. The third kappa shape index (κ3) is 4.89. The molecule has 0 atom stereocenters. The Morgan fingerprint density at radius 3 is 2.85 bits per heavy atom. The van der Waals surface area contributed by atoms with Crippen LogP contribution in [0.2, 0.25) is 10.0 Å². The summed E-state index contributed by atoms with van der Waals surface area (Å²) in [6, 6.07) is 4.31. The van der Waals surface area contributed by atoms with Crippen LogP contribution in [0.3, 0.4) is 0 Å². The van der Waals surface area contributed by atoms with Gasteiger partial charge in [0.2, 0.25) is 5.82 Å². The zero-order chi connectivity index (χ0) is 19.4. The highest BCUT2D eigenvalue weighted by Gasteiger charge is 2.22. The Balaban J connectivity index is 1.82. The number of halogens is 3. The number of hydrogen-bond acceptors (Lipinski definition) is 6. The van der Waals surface area contributed by atoms with Crippen LogP contribution < -0.4 is 9.46 Å². The smallest absolute Gasteiger partial charge is 0.264 e. The quantitative estimate of drug-likeness (QED) is 0.540. The molecular formula is C15H12BrCl2N5O3S. The maximum atomic E-state index is 12.7. The molecule has 0 aliphatic carbocycles. The predicted molar refractivity (Wildman–Crippen MR) is 105 cm³/mol. The van der Waals surface area contributed by atoms with E-state index in [1.165, 1.54) is 24.4 Å². The van der Waals surface area contributed by atoms with E-state index in [-0.39, 0.29) is 33.2 Å². The molecule has 2 aromatic heterocycles. The molecule has 12 heteroatoms. The van der Waals surface area contributed by atoms with E-state index in [0.29, 0.717) is 11.1 Å². The summed E-state index contributed by atoms with van der Waals surface area (Å²) in [6.45, 7) is 0.731. The molecule has 0 amide bonds. The Labute approximate surface area is 173 Å². The molecule has 0 unspecified atom stereocenters. The van der Waals surface area contributed by atoms with Gasteiger partial charge in [0.25, 0.3) is 15.9 Å². The van der Waals surface area contributed by atoms with E-state index in [9.17, 15) is 8.42 Å². The van der Waals surface area contributed by atoms with Crippen LogP contribution in [0.5, 0.6) is 5.88 Å². The summed E-state index contributed by atoms with van der Waals surface area (Å²) in [5.41, 5.74) is 0. The largest absolute Gasteiger partial charge is 0.473 e. The lowest BCUT2D eigenvalue weighted by Gasteiger charge is -2.13. The average Bonchev–Trinajstić information content (AvgIpc) is 3.13. The highest BCUT2D eigenvalue weighted by molar-refractivity contribution is 9.10. The first kappa shape index (κ1) is 19.9. The van der Waals surface area contributed by atoms with Crippen LogP contribution >= 0.6 is 39.1 Å². The van der Waals surface area contributed by atoms with E-state index in [2.05, 4.69) is 35.6 Å². The molecule has 27 heavy (non-hydrogen) atoms. The van der Waals surface area contributed by atoms with Gasteiger partial charge in [-0.2, -0.15) is 0 Å². The highest BCUT2D eigenvalue weighted by Crippen LogP contribution is 2.31. The SMILES string of the molecule is O=S(=O)(Nc1ncc(Br)nc1OCCn1ccnc1)c1cccc(Cl)c1Cl. The van der Waals surface area contributed by atoms with E-state index in [1.807, 2.05) is 0 Å². The van der Waals surface area contributed by atoms with Gasteiger partial charge in [-0.15, -0.1) is 0 Å². The summed E-state index contributed by atoms with van der Waals surface area (Å²) in [4.78, 5) is 11.9. The number of nitrogens with one attached hydrogen (secondary N) is 1. The molecule has 0 fully saturated rings. The first-order valence-corrected chi connectivity index (χ1v) is 10.5. The third-order valence-electron chi connectivity index (χ3n) is 3.30. The number of aromatic nitrogens is 4. The first-order chi connectivity index (χ1) is 12.9. The van der Waals surface area contributed by atoms with Crippen LogP contribution in [0.1, 0.15) is 0 Å². The van der Waals surface area contributed by atoms with Crippen LogP contribution in [-0.2, 0) is 16.6 Å². The van der Waals surface area contributed by atoms with E-state index in [0.717, 1.165) is 0 Å². The fraction of sp³-hybridized carbons (Fsp3) is 0.133. The molecule has 1 N–H and O–H groups in total. The predicted octanol–water partition coefficient (Wildman–Crippen LogP) is 3.62. The van der Waals surface area contributed by atoms with Crippen molar-refractivity contribution in [1.82, 2.24) is 19.5 Å². The molecule has 0 spiro atoms. The van der Waals surface area contributed by atoms with Crippen molar-refractivity contribution in [3.63, 3.8) is 0 Å². The number of sulfonamides is 1. The van der Waals surface area contributed by atoms with Crippen molar-refractivity contribution >= 4 is 55.0 Å². The van der Waals surface area contributed by atoms with Crippen LogP contribution in [0.25, 0.3) is 0 Å². The third-order valence-corrected chi connectivity index (χ3v) is 5.99. The van der Waals surface area contributed by atoms with Crippen molar-refractivity contribution in [2.45, 2.75) is 11.4 Å². The second-order valence-electron chi connectivity index (χ2n) is 5.15. The van der Waals surface area contributed by atoms with Crippen LogP contribution in [0.4, 0.5) is 5.82 Å². The van der Waals surface area contributed by atoms with Gasteiger partial charge in [-0.1, -0.05) is 29.3 Å². The number of imidazole rings is 1. The second-order valence-corrected chi connectivity index (χ2v) is 8.40. The summed E-state index contributed by atoms with van der Waals surface area (Å²) in [7, 11) is -4.05. The van der Waals surface area contributed by atoms with Gasteiger partial charge in [-0.3, -0.25) is 4.72 Å². The van der Waals surface area contributed by atoms with Crippen LogP contribution in [-0.4, -0.2) is 34.5 Å². The Morgan fingerprint density at radius 1 is 1.30 bits per heavy atom. The standard InChI is InChI=1S/C15H12BrCl2N5O3S/c16-12-8-20-14(15(21-12)26-7-6-23-5-4-19-9-23)22-27(24,25)11-3-1-2-10(17)13(11)18/h1-5,8-9H,6-7H2,(H,20,22). The molecule has 0 radical (unpaired) electrons. The normalized spacial score (nSPS) is 11.4. The van der Waals surface area contributed by atoms with Gasteiger partial charge < -0.3 is 9.30 Å². The molecule has 2 heterocycles. The number of anilines is 1. The zero-order valence-corrected chi connectivity index (χ0v) is 17.4. The van der Waals surface area contributed by atoms with E-state index >= 15 is 0 Å².